The van der Waals surface area contributed by atoms with Crippen LogP contribution < -0.4 is 5.32 Å². The first-order chi connectivity index (χ1) is 6.89. The van der Waals surface area contributed by atoms with Crippen molar-refractivity contribution in [1.82, 2.24) is 10.2 Å². The minimum atomic E-state index is -2.95. The van der Waals surface area contributed by atoms with Crippen LogP contribution in [-0.4, -0.2) is 69.3 Å². The van der Waals surface area contributed by atoms with E-state index in [1.807, 2.05) is 19.0 Å². The molecule has 1 aliphatic heterocycles. The molecule has 1 fully saturated rings. The Kier molecular flexibility index (Phi) is 4.11. The molecule has 1 heterocycles. The van der Waals surface area contributed by atoms with E-state index in [2.05, 4.69) is 5.32 Å². The molecule has 0 radical (unpaired) electrons. The van der Waals surface area contributed by atoms with Crippen LogP contribution in [0.1, 0.15) is 6.42 Å². The van der Waals surface area contributed by atoms with Crippen molar-refractivity contribution in [2.45, 2.75) is 12.0 Å². The van der Waals surface area contributed by atoms with Crippen LogP contribution in [0.4, 0.5) is 0 Å². The van der Waals surface area contributed by atoms with Crippen molar-refractivity contribution in [1.29, 1.82) is 0 Å². The quantitative estimate of drug-likeness (QED) is 0.620. The molecule has 0 spiro atoms. The first-order valence-corrected chi connectivity index (χ1v) is 6.92. The summed E-state index contributed by atoms with van der Waals surface area (Å²) in [5.74, 6) is 0.243. The normalized spacial score (nSPS) is 29.9. The number of hydrogen-bond donors (Lipinski definition) is 2. The summed E-state index contributed by atoms with van der Waals surface area (Å²) in [6.07, 6.45) is 0.513. The van der Waals surface area contributed by atoms with Gasteiger partial charge in [-0.1, -0.05) is 0 Å². The van der Waals surface area contributed by atoms with Gasteiger partial charge in [0.2, 0.25) is 0 Å². The average molecular weight is 236 g/mol. The Morgan fingerprint density at radius 1 is 1.47 bits per heavy atom. The third-order valence-electron chi connectivity index (χ3n) is 2.75. The van der Waals surface area contributed by atoms with Crippen molar-refractivity contribution in [2.24, 2.45) is 0 Å². The summed E-state index contributed by atoms with van der Waals surface area (Å²) < 4.78 is 22.7. The zero-order chi connectivity index (χ0) is 11.5. The van der Waals surface area contributed by atoms with Crippen molar-refractivity contribution in [3.8, 4) is 0 Å². The van der Waals surface area contributed by atoms with Crippen LogP contribution >= 0.6 is 0 Å². The van der Waals surface area contributed by atoms with E-state index in [-0.39, 0.29) is 18.1 Å². The third kappa shape index (κ3) is 3.71. The van der Waals surface area contributed by atoms with Gasteiger partial charge >= 0.3 is 0 Å². The lowest BCUT2D eigenvalue weighted by Crippen LogP contribution is -2.51. The van der Waals surface area contributed by atoms with E-state index in [1.54, 1.807) is 0 Å². The van der Waals surface area contributed by atoms with Crippen LogP contribution in [0.5, 0.6) is 0 Å². The zero-order valence-corrected chi connectivity index (χ0v) is 10.2. The standard InChI is InChI=1S/C9H20N2O3S/c1-11(2)5-4-10-9(7-12)3-6-15(13,14)8-9/h10,12H,3-8H2,1-2H3. The van der Waals surface area contributed by atoms with Gasteiger partial charge in [-0.2, -0.15) is 0 Å². The highest BCUT2D eigenvalue weighted by atomic mass is 32.2. The van der Waals surface area contributed by atoms with Crippen molar-refractivity contribution in [3.63, 3.8) is 0 Å². The summed E-state index contributed by atoms with van der Waals surface area (Å²) in [6.45, 7) is 1.42. The predicted molar refractivity (Wildman–Crippen MR) is 59.6 cm³/mol. The van der Waals surface area contributed by atoms with E-state index in [0.717, 1.165) is 6.54 Å². The fourth-order valence-electron chi connectivity index (χ4n) is 1.78. The summed E-state index contributed by atoms with van der Waals surface area (Å²) in [4.78, 5) is 2.02. The molecule has 0 aromatic carbocycles. The fraction of sp³-hybridized carbons (Fsp3) is 1.00. The molecule has 5 nitrogen and oxygen atoms in total. The first-order valence-electron chi connectivity index (χ1n) is 5.10. The molecule has 1 unspecified atom stereocenters. The van der Waals surface area contributed by atoms with Gasteiger partial charge in [0.1, 0.15) is 0 Å². The molecule has 1 rings (SSSR count). The van der Waals surface area contributed by atoms with E-state index in [9.17, 15) is 13.5 Å². The van der Waals surface area contributed by atoms with Crippen LogP contribution in [-0.2, 0) is 9.84 Å². The molecule has 90 valence electrons. The van der Waals surface area contributed by atoms with E-state index in [1.165, 1.54) is 0 Å². The Morgan fingerprint density at radius 3 is 2.53 bits per heavy atom. The van der Waals surface area contributed by atoms with E-state index < -0.39 is 15.4 Å². The fourth-order valence-corrected chi connectivity index (χ4v) is 3.81. The summed E-state index contributed by atoms with van der Waals surface area (Å²) in [6, 6.07) is 0. The Labute approximate surface area is 91.4 Å². The summed E-state index contributed by atoms with van der Waals surface area (Å²) in [5, 5.41) is 12.4. The molecular formula is C9H20N2O3S. The third-order valence-corrected chi connectivity index (χ3v) is 4.57. The highest BCUT2D eigenvalue weighted by Crippen LogP contribution is 2.22. The number of aliphatic hydroxyl groups is 1. The average Bonchev–Trinajstić information content (AvgIpc) is 2.42. The number of aliphatic hydroxyl groups excluding tert-OH is 1. The monoisotopic (exact) mass is 236 g/mol. The van der Waals surface area contributed by atoms with Gasteiger partial charge in [0, 0.05) is 13.1 Å². The number of likely N-dealkylation sites (N-methyl/N-ethyl adjacent to an activating group) is 1. The lowest BCUT2D eigenvalue weighted by molar-refractivity contribution is 0.176. The molecular weight excluding hydrogens is 216 g/mol. The minimum Gasteiger partial charge on any atom is -0.394 e. The topological polar surface area (TPSA) is 69.6 Å². The van der Waals surface area contributed by atoms with E-state index in [0.29, 0.717) is 13.0 Å². The van der Waals surface area contributed by atoms with Gasteiger partial charge < -0.3 is 15.3 Å². The summed E-state index contributed by atoms with van der Waals surface area (Å²) in [5.41, 5.74) is -0.602. The lowest BCUT2D eigenvalue weighted by atomic mass is 10.0. The molecule has 0 aromatic rings. The maximum atomic E-state index is 11.3. The zero-order valence-electron chi connectivity index (χ0n) is 9.36. The number of nitrogens with one attached hydrogen (secondary N) is 1. The molecule has 2 N–H and O–H groups in total. The second-order valence-electron chi connectivity index (χ2n) is 4.51. The van der Waals surface area contributed by atoms with Gasteiger partial charge in [-0.15, -0.1) is 0 Å². The Bertz CT molecular complexity index is 302. The maximum absolute atomic E-state index is 11.3. The van der Waals surface area contributed by atoms with E-state index in [4.69, 9.17) is 0 Å². The van der Waals surface area contributed by atoms with Crippen LogP contribution in [0.2, 0.25) is 0 Å². The first kappa shape index (κ1) is 12.9. The van der Waals surface area contributed by atoms with E-state index >= 15 is 0 Å². The van der Waals surface area contributed by atoms with Crippen LogP contribution in [0.15, 0.2) is 0 Å². The Balaban J connectivity index is 2.49. The molecule has 1 saturated heterocycles. The predicted octanol–water partition coefficient (Wildman–Crippen LogP) is -1.31. The highest BCUT2D eigenvalue weighted by Gasteiger charge is 2.41. The van der Waals surface area contributed by atoms with Crippen LogP contribution in [0.25, 0.3) is 0 Å². The molecule has 0 saturated carbocycles. The van der Waals surface area contributed by atoms with Crippen molar-refractivity contribution in [3.05, 3.63) is 0 Å². The molecule has 0 amide bonds. The minimum absolute atomic E-state index is 0.0595. The number of rotatable bonds is 5. The highest BCUT2D eigenvalue weighted by molar-refractivity contribution is 7.91. The summed E-state index contributed by atoms with van der Waals surface area (Å²) in [7, 11) is 0.961. The van der Waals surface area contributed by atoms with Gasteiger partial charge in [0.05, 0.1) is 23.7 Å². The SMILES string of the molecule is CN(C)CCNC1(CO)CCS(=O)(=O)C1. The molecule has 1 aliphatic rings. The number of hydrogen-bond acceptors (Lipinski definition) is 5. The number of sulfone groups is 1. The molecule has 6 heteroatoms. The Hall–Kier alpha value is -0.170. The second-order valence-corrected chi connectivity index (χ2v) is 6.69. The second kappa shape index (κ2) is 4.78. The van der Waals surface area contributed by atoms with Crippen LogP contribution in [0, 0.1) is 0 Å². The molecule has 15 heavy (non-hydrogen) atoms. The maximum Gasteiger partial charge on any atom is 0.152 e. The van der Waals surface area contributed by atoms with Crippen LogP contribution in [0.3, 0.4) is 0 Å². The molecule has 1 atom stereocenters. The van der Waals surface area contributed by atoms with Gasteiger partial charge in [0.15, 0.2) is 9.84 Å². The smallest absolute Gasteiger partial charge is 0.152 e. The van der Waals surface area contributed by atoms with Crippen molar-refractivity contribution < 1.29 is 13.5 Å². The lowest BCUT2D eigenvalue weighted by Gasteiger charge is -2.27. The van der Waals surface area contributed by atoms with Gasteiger partial charge in [-0.25, -0.2) is 8.42 Å². The van der Waals surface area contributed by atoms with Gasteiger partial charge in [-0.05, 0) is 20.5 Å². The number of nitrogens with zero attached hydrogens (tertiary/aromatic N) is 1. The molecule has 0 aromatic heterocycles. The molecule has 0 aliphatic carbocycles. The van der Waals surface area contributed by atoms with Crippen molar-refractivity contribution >= 4 is 9.84 Å². The van der Waals surface area contributed by atoms with Crippen molar-refractivity contribution in [2.75, 3.05) is 45.3 Å². The summed E-state index contributed by atoms with van der Waals surface area (Å²) >= 11 is 0. The van der Waals surface area contributed by atoms with Gasteiger partial charge in [-0.3, -0.25) is 0 Å². The van der Waals surface area contributed by atoms with Gasteiger partial charge in [0.25, 0.3) is 0 Å². The largest absolute Gasteiger partial charge is 0.394 e. The molecule has 0 bridgehead atoms. The Morgan fingerprint density at radius 2 is 2.13 bits per heavy atom.